The van der Waals surface area contributed by atoms with Crippen LogP contribution >= 0.6 is 0 Å². The summed E-state index contributed by atoms with van der Waals surface area (Å²) in [7, 11) is 0. The van der Waals surface area contributed by atoms with Crippen molar-refractivity contribution in [1.82, 2.24) is 4.90 Å². The van der Waals surface area contributed by atoms with Crippen LogP contribution in [0.25, 0.3) is 0 Å². The van der Waals surface area contributed by atoms with Crippen molar-refractivity contribution >= 4 is 6.09 Å². The van der Waals surface area contributed by atoms with Crippen molar-refractivity contribution < 1.29 is 14.6 Å². The third-order valence-corrected chi connectivity index (χ3v) is 3.54. The van der Waals surface area contributed by atoms with Crippen LogP contribution in [0.5, 0.6) is 0 Å². The summed E-state index contributed by atoms with van der Waals surface area (Å²) in [6.45, 7) is 3.71. The number of piperidine rings is 1. The van der Waals surface area contributed by atoms with E-state index in [9.17, 15) is 9.90 Å². The normalized spacial score (nSPS) is 25.1. The van der Waals surface area contributed by atoms with Gasteiger partial charge in [-0.3, -0.25) is 0 Å². The first-order chi connectivity index (χ1) is 7.15. The maximum atomic E-state index is 11.4. The molecule has 1 aliphatic carbocycles. The van der Waals surface area contributed by atoms with Gasteiger partial charge in [0, 0.05) is 13.1 Å². The van der Waals surface area contributed by atoms with Gasteiger partial charge in [-0.25, -0.2) is 4.79 Å². The number of hydrogen-bond acceptors (Lipinski definition) is 3. The van der Waals surface area contributed by atoms with E-state index in [1.165, 1.54) is 0 Å². The van der Waals surface area contributed by atoms with Gasteiger partial charge in [0.1, 0.15) is 0 Å². The van der Waals surface area contributed by atoms with E-state index >= 15 is 0 Å². The highest BCUT2D eigenvalue weighted by Gasteiger charge is 2.48. The smallest absolute Gasteiger partial charge is 0.409 e. The van der Waals surface area contributed by atoms with E-state index in [2.05, 4.69) is 0 Å². The summed E-state index contributed by atoms with van der Waals surface area (Å²) in [5.74, 6) is 0.392. The van der Waals surface area contributed by atoms with Crippen molar-refractivity contribution in [3.8, 4) is 0 Å². The Balaban J connectivity index is 1.79. The Morgan fingerprint density at radius 2 is 2.07 bits per heavy atom. The standard InChI is InChI=1S/C11H19NO3/c1-2-15-10(13)12-7-3-9(4-8-12)11(14)5-6-11/h9,14H,2-8H2,1H3. The summed E-state index contributed by atoms with van der Waals surface area (Å²) in [5.41, 5.74) is -0.388. The molecule has 4 nitrogen and oxygen atoms in total. The summed E-state index contributed by atoms with van der Waals surface area (Å²) in [6.07, 6.45) is 3.50. The van der Waals surface area contributed by atoms with Crippen LogP contribution in [-0.4, -0.2) is 41.4 Å². The molecule has 0 aromatic rings. The van der Waals surface area contributed by atoms with E-state index in [1.807, 2.05) is 6.92 Å². The van der Waals surface area contributed by atoms with Gasteiger partial charge < -0.3 is 14.7 Å². The van der Waals surface area contributed by atoms with Crippen molar-refractivity contribution in [2.24, 2.45) is 5.92 Å². The van der Waals surface area contributed by atoms with Crippen molar-refractivity contribution in [2.45, 2.75) is 38.2 Å². The molecule has 1 saturated carbocycles. The Bertz CT molecular complexity index is 242. The molecule has 1 aliphatic heterocycles. The number of amides is 1. The van der Waals surface area contributed by atoms with Crippen LogP contribution in [0, 0.1) is 5.92 Å². The minimum Gasteiger partial charge on any atom is -0.450 e. The molecule has 1 amide bonds. The number of aliphatic hydroxyl groups is 1. The van der Waals surface area contributed by atoms with Crippen molar-refractivity contribution in [3.63, 3.8) is 0 Å². The van der Waals surface area contributed by atoms with Crippen LogP contribution in [0.3, 0.4) is 0 Å². The number of hydrogen-bond donors (Lipinski definition) is 1. The van der Waals surface area contributed by atoms with Gasteiger partial charge in [0.05, 0.1) is 12.2 Å². The molecule has 0 radical (unpaired) electrons. The second kappa shape index (κ2) is 4.00. The van der Waals surface area contributed by atoms with Gasteiger partial charge in [-0.05, 0) is 38.5 Å². The number of nitrogens with zero attached hydrogens (tertiary/aromatic N) is 1. The minimum atomic E-state index is -0.388. The molecule has 2 aliphatic rings. The largest absolute Gasteiger partial charge is 0.450 e. The second-order valence-electron chi connectivity index (χ2n) is 4.56. The molecule has 0 spiro atoms. The minimum absolute atomic E-state index is 0.210. The lowest BCUT2D eigenvalue weighted by Crippen LogP contribution is -2.42. The summed E-state index contributed by atoms with van der Waals surface area (Å²) >= 11 is 0. The zero-order valence-electron chi connectivity index (χ0n) is 9.24. The topological polar surface area (TPSA) is 49.8 Å². The first-order valence-corrected chi connectivity index (χ1v) is 5.80. The van der Waals surface area contributed by atoms with Gasteiger partial charge in [-0.15, -0.1) is 0 Å². The molecule has 15 heavy (non-hydrogen) atoms. The number of carbonyl (C=O) groups is 1. The summed E-state index contributed by atoms with van der Waals surface area (Å²) < 4.78 is 4.94. The lowest BCUT2D eigenvalue weighted by atomic mass is 9.89. The third kappa shape index (κ3) is 2.25. The van der Waals surface area contributed by atoms with Crippen LogP contribution in [0.4, 0.5) is 4.79 Å². The number of ether oxygens (including phenoxy) is 1. The van der Waals surface area contributed by atoms with Crippen LogP contribution in [0.2, 0.25) is 0 Å². The number of rotatable bonds is 2. The molecule has 0 bridgehead atoms. The van der Waals surface area contributed by atoms with Gasteiger partial charge in [0.2, 0.25) is 0 Å². The average molecular weight is 213 g/mol. The van der Waals surface area contributed by atoms with Crippen molar-refractivity contribution in [3.05, 3.63) is 0 Å². The molecule has 1 saturated heterocycles. The van der Waals surface area contributed by atoms with Crippen molar-refractivity contribution in [2.75, 3.05) is 19.7 Å². The zero-order valence-corrected chi connectivity index (χ0v) is 9.24. The van der Waals surface area contributed by atoms with Crippen LogP contribution in [0.1, 0.15) is 32.6 Å². The van der Waals surface area contributed by atoms with E-state index in [0.717, 1.165) is 38.8 Å². The molecule has 0 unspecified atom stereocenters. The summed E-state index contributed by atoms with van der Waals surface area (Å²) in [5, 5.41) is 9.95. The molecule has 0 aromatic carbocycles. The molecule has 0 aromatic heterocycles. The summed E-state index contributed by atoms with van der Waals surface area (Å²) in [6, 6.07) is 0. The fraction of sp³-hybridized carbons (Fsp3) is 0.909. The second-order valence-corrected chi connectivity index (χ2v) is 4.56. The SMILES string of the molecule is CCOC(=O)N1CCC(C2(O)CC2)CC1. The number of likely N-dealkylation sites (tertiary alicyclic amines) is 1. The fourth-order valence-electron chi connectivity index (χ4n) is 2.35. The molecule has 1 heterocycles. The monoisotopic (exact) mass is 213 g/mol. The summed E-state index contributed by atoms with van der Waals surface area (Å²) in [4.78, 5) is 13.2. The Kier molecular flexibility index (Phi) is 2.87. The van der Waals surface area contributed by atoms with E-state index < -0.39 is 0 Å². The van der Waals surface area contributed by atoms with Gasteiger partial charge >= 0.3 is 6.09 Å². The molecular weight excluding hydrogens is 194 g/mol. The third-order valence-electron chi connectivity index (χ3n) is 3.54. The first-order valence-electron chi connectivity index (χ1n) is 5.80. The predicted molar refractivity (Wildman–Crippen MR) is 55.5 cm³/mol. The Labute approximate surface area is 90.2 Å². The van der Waals surface area contributed by atoms with Gasteiger partial charge in [-0.1, -0.05) is 0 Å². The lowest BCUT2D eigenvalue weighted by molar-refractivity contribution is 0.0336. The average Bonchev–Trinajstić information content (AvgIpc) is 2.99. The van der Waals surface area contributed by atoms with Gasteiger partial charge in [0.25, 0.3) is 0 Å². The Morgan fingerprint density at radius 3 is 2.53 bits per heavy atom. The van der Waals surface area contributed by atoms with Crippen LogP contribution in [-0.2, 0) is 4.74 Å². The van der Waals surface area contributed by atoms with E-state index in [1.54, 1.807) is 4.90 Å². The van der Waals surface area contributed by atoms with Gasteiger partial charge in [-0.2, -0.15) is 0 Å². The van der Waals surface area contributed by atoms with Crippen molar-refractivity contribution in [1.29, 1.82) is 0 Å². The first kappa shape index (κ1) is 10.7. The quantitative estimate of drug-likeness (QED) is 0.754. The maximum absolute atomic E-state index is 11.4. The molecule has 2 rings (SSSR count). The zero-order chi connectivity index (χ0) is 10.9. The molecule has 2 fully saturated rings. The maximum Gasteiger partial charge on any atom is 0.409 e. The van der Waals surface area contributed by atoms with Gasteiger partial charge in [0.15, 0.2) is 0 Å². The van der Waals surface area contributed by atoms with Crippen LogP contribution < -0.4 is 0 Å². The highest BCUT2D eigenvalue weighted by molar-refractivity contribution is 5.67. The molecule has 4 heteroatoms. The van der Waals surface area contributed by atoms with E-state index in [-0.39, 0.29) is 11.7 Å². The predicted octanol–water partition coefficient (Wildman–Crippen LogP) is 1.38. The molecule has 86 valence electrons. The fourth-order valence-corrected chi connectivity index (χ4v) is 2.35. The Hall–Kier alpha value is -0.770. The number of carbonyl (C=O) groups excluding carboxylic acids is 1. The Morgan fingerprint density at radius 1 is 1.47 bits per heavy atom. The highest BCUT2D eigenvalue weighted by atomic mass is 16.6. The molecular formula is C11H19NO3. The highest BCUT2D eigenvalue weighted by Crippen LogP contribution is 2.46. The van der Waals surface area contributed by atoms with E-state index in [4.69, 9.17) is 4.74 Å². The molecule has 1 N–H and O–H groups in total. The van der Waals surface area contributed by atoms with Crippen LogP contribution in [0.15, 0.2) is 0 Å². The molecule has 0 atom stereocenters. The van der Waals surface area contributed by atoms with E-state index in [0.29, 0.717) is 12.5 Å². The lowest BCUT2D eigenvalue weighted by Gasteiger charge is -2.33.